The van der Waals surface area contributed by atoms with Gasteiger partial charge in [0, 0.05) is 0 Å². The fraction of sp³-hybridized carbons (Fsp3) is 0.273. The highest BCUT2D eigenvalue weighted by Crippen LogP contribution is 2.01. The molecule has 0 saturated heterocycles. The lowest BCUT2D eigenvalue weighted by atomic mass is 10.2. The molecule has 0 saturated carbocycles. The predicted molar refractivity (Wildman–Crippen MR) is 57.3 cm³/mol. The summed E-state index contributed by atoms with van der Waals surface area (Å²) in [5.41, 5.74) is 1.12. The third-order valence-electron chi connectivity index (χ3n) is 1.96. The molecule has 0 spiro atoms. The molecule has 5 heteroatoms. The Morgan fingerprint density at radius 2 is 1.62 bits per heavy atom. The van der Waals surface area contributed by atoms with Gasteiger partial charge in [0.25, 0.3) is 0 Å². The largest absolute Gasteiger partial charge is 0.369 e. The predicted octanol–water partition coefficient (Wildman–Crippen LogP) is 1.29. The summed E-state index contributed by atoms with van der Waals surface area (Å²) in [5.74, 6) is 1.06. The summed E-state index contributed by atoms with van der Waals surface area (Å²) in [5, 5.41) is 15.3. The van der Waals surface area contributed by atoms with Gasteiger partial charge in [-0.1, -0.05) is 30.3 Å². The molecule has 0 fully saturated rings. The van der Waals surface area contributed by atoms with E-state index in [2.05, 4.69) is 20.4 Å². The zero-order chi connectivity index (χ0) is 11.2. The quantitative estimate of drug-likeness (QED) is 0.770. The van der Waals surface area contributed by atoms with Crippen molar-refractivity contribution >= 4 is 0 Å². The van der Waals surface area contributed by atoms with Crippen LogP contribution in [-0.2, 0) is 18.0 Å². The number of aryl methyl sites for hydroxylation is 1. The Kier molecular flexibility index (Phi) is 3.50. The Hall–Kier alpha value is -1.88. The van der Waals surface area contributed by atoms with E-state index in [-0.39, 0.29) is 0 Å². The molecule has 2 rings (SSSR count). The standard InChI is InChI=1S/C11H12N4O/c1-9-12-14-11(15-13-9)8-16-7-10-5-3-2-4-6-10/h2-6H,7-8H2,1H3. The maximum atomic E-state index is 5.44. The van der Waals surface area contributed by atoms with Gasteiger partial charge in [0.2, 0.25) is 0 Å². The summed E-state index contributed by atoms with van der Waals surface area (Å²) in [6.45, 7) is 2.61. The van der Waals surface area contributed by atoms with Gasteiger partial charge in [-0.15, -0.1) is 20.4 Å². The number of nitrogens with zero attached hydrogens (tertiary/aromatic N) is 4. The third-order valence-corrected chi connectivity index (χ3v) is 1.96. The van der Waals surface area contributed by atoms with Crippen molar-refractivity contribution in [1.29, 1.82) is 0 Å². The lowest BCUT2D eigenvalue weighted by molar-refractivity contribution is 0.100. The highest BCUT2D eigenvalue weighted by Gasteiger charge is 1.99. The molecule has 1 aromatic heterocycles. The van der Waals surface area contributed by atoms with Crippen molar-refractivity contribution in [1.82, 2.24) is 20.4 Å². The molecule has 16 heavy (non-hydrogen) atoms. The fourth-order valence-corrected chi connectivity index (χ4v) is 1.19. The Labute approximate surface area is 93.5 Å². The summed E-state index contributed by atoms with van der Waals surface area (Å²) < 4.78 is 5.44. The van der Waals surface area contributed by atoms with Crippen molar-refractivity contribution in [2.45, 2.75) is 20.1 Å². The number of hydrogen-bond donors (Lipinski definition) is 0. The Morgan fingerprint density at radius 3 is 2.31 bits per heavy atom. The molecule has 0 unspecified atom stereocenters. The van der Waals surface area contributed by atoms with E-state index in [1.807, 2.05) is 30.3 Å². The van der Waals surface area contributed by atoms with E-state index in [1.54, 1.807) is 6.92 Å². The third kappa shape index (κ3) is 3.06. The van der Waals surface area contributed by atoms with Gasteiger partial charge in [0.05, 0.1) is 6.61 Å². The molecule has 0 radical (unpaired) electrons. The van der Waals surface area contributed by atoms with Crippen LogP contribution >= 0.6 is 0 Å². The van der Waals surface area contributed by atoms with Crippen LogP contribution in [0.4, 0.5) is 0 Å². The zero-order valence-corrected chi connectivity index (χ0v) is 9.00. The molecule has 0 atom stereocenters. The summed E-state index contributed by atoms with van der Waals surface area (Å²) in [4.78, 5) is 0. The van der Waals surface area contributed by atoms with Crippen molar-refractivity contribution in [3.05, 3.63) is 47.5 Å². The molecule has 0 N–H and O–H groups in total. The van der Waals surface area contributed by atoms with E-state index in [1.165, 1.54) is 0 Å². The monoisotopic (exact) mass is 216 g/mol. The van der Waals surface area contributed by atoms with E-state index in [4.69, 9.17) is 4.74 Å². The molecule has 0 bridgehead atoms. The van der Waals surface area contributed by atoms with E-state index < -0.39 is 0 Å². The average Bonchev–Trinajstić information content (AvgIpc) is 2.33. The summed E-state index contributed by atoms with van der Waals surface area (Å²) in [6.07, 6.45) is 0. The normalized spacial score (nSPS) is 10.3. The molecule has 1 aromatic carbocycles. The number of aromatic nitrogens is 4. The topological polar surface area (TPSA) is 60.8 Å². The Morgan fingerprint density at radius 1 is 0.938 bits per heavy atom. The first kappa shape index (κ1) is 10.6. The molecule has 5 nitrogen and oxygen atoms in total. The number of ether oxygens (including phenoxy) is 1. The van der Waals surface area contributed by atoms with Crippen LogP contribution in [0.1, 0.15) is 17.2 Å². The number of benzene rings is 1. The summed E-state index contributed by atoms with van der Waals surface area (Å²) >= 11 is 0. The van der Waals surface area contributed by atoms with Crippen LogP contribution < -0.4 is 0 Å². The van der Waals surface area contributed by atoms with Gasteiger partial charge in [-0.25, -0.2) is 0 Å². The van der Waals surface area contributed by atoms with Crippen molar-refractivity contribution in [2.24, 2.45) is 0 Å². The van der Waals surface area contributed by atoms with Crippen LogP contribution in [0, 0.1) is 6.92 Å². The Bertz CT molecular complexity index is 429. The molecule has 1 heterocycles. The molecule has 2 aromatic rings. The van der Waals surface area contributed by atoms with Crippen LogP contribution in [-0.4, -0.2) is 20.4 Å². The van der Waals surface area contributed by atoms with Crippen LogP contribution in [0.25, 0.3) is 0 Å². The minimum atomic E-state index is 0.329. The van der Waals surface area contributed by atoms with Gasteiger partial charge in [-0.3, -0.25) is 0 Å². The van der Waals surface area contributed by atoms with Crippen molar-refractivity contribution in [2.75, 3.05) is 0 Å². The molecular formula is C11H12N4O. The second kappa shape index (κ2) is 5.27. The van der Waals surface area contributed by atoms with Gasteiger partial charge >= 0.3 is 0 Å². The van der Waals surface area contributed by atoms with E-state index in [9.17, 15) is 0 Å². The molecule has 0 aliphatic heterocycles. The first-order valence-corrected chi connectivity index (χ1v) is 4.99. The average molecular weight is 216 g/mol. The van der Waals surface area contributed by atoms with Crippen molar-refractivity contribution in [3.63, 3.8) is 0 Å². The minimum absolute atomic E-state index is 0.329. The van der Waals surface area contributed by atoms with Crippen molar-refractivity contribution < 1.29 is 4.74 Å². The highest BCUT2D eigenvalue weighted by atomic mass is 16.5. The molecular weight excluding hydrogens is 204 g/mol. The minimum Gasteiger partial charge on any atom is -0.369 e. The Balaban J connectivity index is 1.82. The van der Waals surface area contributed by atoms with Crippen LogP contribution in [0.3, 0.4) is 0 Å². The van der Waals surface area contributed by atoms with Crippen LogP contribution in [0.15, 0.2) is 30.3 Å². The molecule has 0 aliphatic rings. The van der Waals surface area contributed by atoms with Crippen LogP contribution in [0.2, 0.25) is 0 Å². The van der Waals surface area contributed by atoms with Gasteiger partial charge in [-0.05, 0) is 12.5 Å². The maximum absolute atomic E-state index is 5.44. The van der Waals surface area contributed by atoms with E-state index >= 15 is 0 Å². The maximum Gasteiger partial charge on any atom is 0.199 e. The number of hydrogen-bond acceptors (Lipinski definition) is 5. The highest BCUT2D eigenvalue weighted by molar-refractivity contribution is 5.13. The van der Waals surface area contributed by atoms with Gasteiger partial charge in [0.15, 0.2) is 11.6 Å². The van der Waals surface area contributed by atoms with Gasteiger partial charge in [-0.2, -0.15) is 0 Å². The fourth-order valence-electron chi connectivity index (χ4n) is 1.19. The van der Waals surface area contributed by atoms with E-state index in [0.29, 0.717) is 24.9 Å². The van der Waals surface area contributed by atoms with Gasteiger partial charge < -0.3 is 4.74 Å². The van der Waals surface area contributed by atoms with Gasteiger partial charge in [0.1, 0.15) is 6.61 Å². The smallest absolute Gasteiger partial charge is 0.199 e. The van der Waals surface area contributed by atoms with Crippen molar-refractivity contribution in [3.8, 4) is 0 Å². The van der Waals surface area contributed by atoms with E-state index in [0.717, 1.165) is 5.56 Å². The number of rotatable bonds is 4. The second-order valence-electron chi connectivity index (χ2n) is 3.34. The second-order valence-corrected chi connectivity index (χ2v) is 3.34. The zero-order valence-electron chi connectivity index (χ0n) is 9.00. The van der Waals surface area contributed by atoms with Crippen LogP contribution in [0.5, 0.6) is 0 Å². The SMILES string of the molecule is Cc1nnc(COCc2ccccc2)nn1. The first-order chi connectivity index (χ1) is 7.84. The molecule has 82 valence electrons. The molecule has 0 amide bonds. The first-order valence-electron chi connectivity index (χ1n) is 4.99. The summed E-state index contributed by atoms with van der Waals surface area (Å²) in [6, 6.07) is 9.94. The molecule has 0 aliphatic carbocycles. The summed E-state index contributed by atoms with van der Waals surface area (Å²) in [7, 11) is 0. The lowest BCUT2D eigenvalue weighted by Gasteiger charge is -2.02. The lowest BCUT2D eigenvalue weighted by Crippen LogP contribution is -2.04.